The smallest absolute Gasteiger partial charge is 0.363 e. The molecule has 0 saturated heterocycles. The van der Waals surface area contributed by atoms with Gasteiger partial charge in [-0.3, -0.25) is 0 Å². The maximum absolute atomic E-state index is 12.1. The van der Waals surface area contributed by atoms with Crippen LogP contribution >= 0.6 is 0 Å². The summed E-state index contributed by atoms with van der Waals surface area (Å²) in [7, 11) is 0. The molecule has 0 radical (unpaired) electrons. The number of nitrogens with zero attached hydrogens (tertiary/aromatic N) is 1. The van der Waals surface area contributed by atoms with E-state index in [4.69, 9.17) is 14.2 Å². The highest BCUT2D eigenvalue weighted by molar-refractivity contribution is 6.12. The Kier molecular flexibility index (Phi) is 6.13. The third-order valence-corrected chi connectivity index (χ3v) is 4.78. The van der Waals surface area contributed by atoms with E-state index in [0.717, 1.165) is 33.8 Å². The normalized spacial score (nSPS) is 14.3. The summed E-state index contributed by atoms with van der Waals surface area (Å²) in [6.45, 7) is 4.96. The molecule has 0 spiro atoms. The Labute approximate surface area is 181 Å². The molecular formula is C26H23NO4. The van der Waals surface area contributed by atoms with Crippen molar-refractivity contribution >= 4 is 17.9 Å². The second-order valence-corrected chi connectivity index (χ2v) is 7.24. The molecule has 3 aromatic rings. The molecular weight excluding hydrogens is 390 g/mol. The zero-order valence-electron chi connectivity index (χ0n) is 17.5. The molecule has 3 aromatic carbocycles. The molecule has 0 aliphatic carbocycles. The summed E-state index contributed by atoms with van der Waals surface area (Å²) < 4.78 is 16.8. The minimum atomic E-state index is -0.456. The molecule has 0 atom stereocenters. The predicted octanol–water partition coefficient (Wildman–Crippen LogP) is 5.11. The van der Waals surface area contributed by atoms with E-state index in [9.17, 15) is 4.79 Å². The monoisotopic (exact) mass is 413 g/mol. The van der Waals surface area contributed by atoms with E-state index in [0.29, 0.717) is 19.1 Å². The molecule has 0 saturated carbocycles. The van der Waals surface area contributed by atoms with Gasteiger partial charge in [0, 0.05) is 5.56 Å². The molecule has 31 heavy (non-hydrogen) atoms. The van der Waals surface area contributed by atoms with Gasteiger partial charge in [0.15, 0.2) is 5.70 Å². The first kappa shape index (κ1) is 20.4. The van der Waals surface area contributed by atoms with Gasteiger partial charge in [0.25, 0.3) is 0 Å². The van der Waals surface area contributed by atoms with Gasteiger partial charge in [0.05, 0.1) is 0 Å². The first-order chi connectivity index (χ1) is 15.1. The third kappa shape index (κ3) is 5.20. The molecule has 0 N–H and O–H groups in total. The quantitative estimate of drug-likeness (QED) is 0.307. The van der Waals surface area contributed by atoms with Crippen molar-refractivity contribution in [3.05, 3.63) is 101 Å². The number of benzene rings is 3. The van der Waals surface area contributed by atoms with Crippen LogP contribution in [0.4, 0.5) is 0 Å². The van der Waals surface area contributed by atoms with Crippen LogP contribution in [0.3, 0.4) is 0 Å². The van der Waals surface area contributed by atoms with E-state index in [-0.39, 0.29) is 5.70 Å². The van der Waals surface area contributed by atoms with E-state index in [1.54, 1.807) is 6.08 Å². The van der Waals surface area contributed by atoms with Crippen molar-refractivity contribution in [2.24, 2.45) is 4.99 Å². The van der Waals surface area contributed by atoms with Crippen LogP contribution in [-0.4, -0.2) is 25.1 Å². The highest BCUT2D eigenvalue weighted by Gasteiger charge is 2.23. The Morgan fingerprint density at radius 2 is 1.65 bits per heavy atom. The number of hydrogen-bond acceptors (Lipinski definition) is 5. The van der Waals surface area contributed by atoms with Crippen molar-refractivity contribution in [2.45, 2.75) is 13.8 Å². The van der Waals surface area contributed by atoms with Gasteiger partial charge in [-0.2, -0.15) is 0 Å². The molecule has 1 heterocycles. The van der Waals surface area contributed by atoms with E-state index in [2.05, 4.69) is 11.1 Å². The molecule has 5 nitrogen and oxygen atoms in total. The van der Waals surface area contributed by atoms with Gasteiger partial charge in [-0.1, -0.05) is 42.5 Å². The highest BCUT2D eigenvalue weighted by Crippen LogP contribution is 2.21. The fraction of sp³-hybridized carbons (Fsp3) is 0.154. The van der Waals surface area contributed by atoms with Crippen LogP contribution in [-0.2, 0) is 9.53 Å². The fourth-order valence-corrected chi connectivity index (χ4v) is 3.11. The van der Waals surface area contributed by atoms with Crippen LogP contribution in [0.2, 0.25) is 0 Å². The van der Waals surface area contributed by atoms with Gasteiger partial charge in [0.1, 0.15) is 24.7 Å². The minimum Gasteiger partial charge on any atom is -0.490 e. The molecule has 1 aliphatic heterocycles. The molecule has 156 valence electrons. The average molecular weight is 413 g/mol. The first-order valence-electron chi connectivity index (χ1n) is 10.1. The lowest BCUT2D eigenvalue weighted by atomic mass is 10.1. The van der Waals surface area contributed by atoms with Crippen molar-refractivity contribution < 1.29 is 19.0 Å². The SMILES string of the molecule is Cc1ccc(C)c(OCCOc2ccc(C=C3N=C(c4ccccc4)OC3=O)cc2)c1. The van der Waals surface area contributed by atoms with E-state index < -0.39 is 5.97 Å². The lowest BCUT2D eigenvalue weighted by Crippen LogP contribution is -2.09. The summed E-state index contributed by atoms with van der Waals surface area (Å²) in [6, 6.07) is 22.9. The van der Waals surface area contributed by atoms with Crippen molar-refractivity contribution in [1.29, 1.82) is 0 Å². The van der Waals surface area contributed by atoms with Gasteiger partial charge >= 0.3 is 5.97 Å². The Hall–Kier alpha value is -3.86. The topological polar surface area (TPSA) is 57.1 Å². The number of cyclic esters (lactones) is 1. The number of hydrogen-bond donors (Lipinski definition) is 0. The van der Waals surface area contributed by atoms with E-state index in [1.165, 1.54) is 0 Å². The summed E-state index contributed by atoms with van der Waals surface area (Å²) in [4.78, 5) is 16.4. The maximum atomic E-state index is 12.1. The average Bonchev–Trinajstić information content (AvgIpc) is 3.15. The molecule has 5 heteroatoms. The summed E-state index contributed by atoms with van der Waals surface area (Å²) in [5, 5.41) is 0. The standard InChI is InChI=1S/C26H23NO4/c1-18-8-9-19(2)24(16-18)30-15-14-29-22-12-10-20(11-13-22)17-23-26(28)31-25(27-23)21-6-4-3-5-7-21/h3-13,16-17H,14-15H2,1-2H3. The molecule has 0 fully saturated rings. The Balaban J connectivity index is 1.33. The van der Waals surface area contributed by atoms with Crippen molar-refractivity contribution in [2.75, 3.05) is 13.2 Å². The summed E-state index contributed by atoms with van der Waals surface area (Å²) in [5.74, 6) is 1.47. The molecule has 0 unspecified atom stereocenters. The Bertz CT molecular complexity index is 1130. The Morgan fingerprint density at radius 1 is 0.903 bits per heavy atom. The van der Waals surface area contributed by atoms with E-state index in [1.807, 2.05) is 80.6 Å². The van der Waals surface area contributed by atoms with Crippen LogP contribution in [0.5, 0.6) is 11.5 Å². The van der Waals surface area contributed by atoms with Gasteiger partial charge < -0.3 is 14.2 Å². The third-order valence-electron chi connectivity index (χ3n) is 4.78. The minimum absolute atomic E-state index is 0.273. The second kappa shape index (κ2) is 9.30. The summed E-state index contributed by atoms with van der Waals surface area (Å²) in [5.41, 5.74) is 4.15. The summed E-state index contributed by atoms with van der Waals surface area (Å²) >= 11 is 0. The second-order valence-electron chi connectivity index (χ2n) is 7.24. The van der Waals surface area contributed by atoms with Crippen molar-refractivity contribution in [3.8, 4) is 11.5 Å². The van der Waals surface area contributed by atoms with Crippen LogP contribution < -0.4 is 9.47 Å². The van der Waals surface area contributed by atoms with Crippen LogP contribution in [0.1, 0.15) is 22.3 Å². The molecule has 0 bridgehead atoms. The summed E-state index contributed by atoms with van der Waals surface area (Å²) in [6.07, 6.45) is 1.70. The number of aliphatic imine (C=N–C) groups is 1. The van der Waals surface area contributed by atoms with Crippen LogP contribution in [0.15, 0.2) is 83.5 Å². The molecule has 0 aromatic heterocycles. The lowest BCUT2D eigenvalue weighted by Gasteiger charge is -2.11. The number of esters is 1. The fourth-order valence-electron chi connectivity index (χ4n) is 3.11. The highest BCUT2D eigenvalue weighted by atomic mass is 16.6. The van der Waals surface area contributed by atoms with Crippen LogP contribution in [0.25, 0.3) is 6.08 Å². The van der Waals surface area contributed by atoms with Crippen molar-refractivity contribution in [3.63, 3.8) is 0 Å². The lowest BCUT2D eigenvalue weighted by molar-refractivity contribution is -0.129. The zero-order chi connectivity index (χ0) is 21.6. The van der Waals surface area contributed by atoms with Gasteiger partial charge in [-0.25, -0.2) is 9.79 Å². The number of ether oxygens (including phenoxy) is 3. The number of aryl methyl sites for hydroxylation is 2. The first-order valence-corrected chi connectivity index (χ1v) is 10.1. The largest absolute Gasteiger partial charge is 0.490 e. The van der Waals surface area contributed by atoms with Gasteiger partial charge in [0.2, 0.25) is 5.90 Å². The molecule has 4 rings (SSSR count). The zero-order valence-corrected chi connectivity index (χ0v) is 17.5. The van der Waals surface area contributed by atoms with Gasteiger partial charge in [-0.05, 0) is 66.9 Å². The Morgan fingerprint density at radius 3 is 2.42 bits per heavy atom. The number of carbonyl (C=O) groups excluding carboxylic acids is 1. The van der Waals surface area contributed by atoms with Crippen molar-refractivity contribution in [1.82, 2.24) is 0 Å². The molecule has 1 aliphatic rings. The number of carbonyl (C=O) groups is 1. The predicted molar refractivity (Wildman–Crippen MR) is 120 cm³/mol. The van der Waals surface area contributed by atoms with E-state index >= 15 is 0 Å². The number of rotatable bonds is 7. The maximum Gasteiger partial charge on any atom is 0.363 e. The van der Waals surface area contributed by atoms with Gasteiger partial charge in [-0.15, -0.1) is 0 Å². The molecule has 0 amide bonds. The van der Waals surface area contributed by atoms with Crippen LogP contribution in [0, 0.1) is 13.8 Å².